The van der Waals surface area contributed by atoms with Gasteiger partial charge >= 0.3 is 0 Å². The van der Waals surface area contributed by atoms with Gasteiger partial charge in [0.05, 0.1) is 19.8 Å². The van der Waals surface area contributed by atoms with Crippen molar-refractivity contribution in [3.8, 4) is 21.9 Å². The summed E-state index contributed by atoms with van der Waals surface area (Å²) in [6, 6.07) is 8.15. The van der Waals surface area contributed by atoms with Gasteiger partial charge in [0.15, 0.2) is 0 Å². The van der Waals surface area contributed by atoms with Crippen LogP contribution in [-0.4, -0.2) is 14.2 Å². The Labute approximate surface area is 99.5 Å². The predicted molar refractivity (Wildman–Crippen MR) is 67.6 cm³/mol. The molecule has 0 aliphatic rings. The second-order valence-corrected chi connectivity index (χ2v) is 4.47. The molecule has 0 radical (unpaired) electrons. The van der Waals surface area contributed by atoms with Gasteiger partial charge in [-0.05, 0) is 36.1 Å². The van der Waals surface area contributed by atoms with Crippen LogP contribution in [-0.2, 0) is 0 Å². The van der Waals surface area contributed by atoms with Crippen molar-refractivity contribution in [1.82, 2.24) is 0 Å². The van der Waals surface area contributed by atoms with Crippen molar-refractivity contribution in [2.75, 3.05) is 14.2 Å². The highest BCUT2D eigenvalue weighted by molar-refractivity contribution is 7.13. The van der Waals surface area contributed by atoms with Gasteiger partial charge in [-0.15, -0.1) is 11.3 Å². The maximum atomic E-state index is 5.42. The molecule has 0 saturated heterocycles. The minimum absolute atomic E-state index is 0.860. The van der Waals surface area contributed by atoms with Crippen LogP contribution in [0.4, 0.5) is 0 Å². The minimum Gasteiger partial charge on any atom is -0.496 e. The normalized spacial score (nSPS) is 10.2. The summed E-state index contributed by atoms with van der Waals surface area (Å²) in [7, 11) is 3.37. The summed E-state index contributed by atoms with van der Waals surface area (Å²) in [5.41, 5.74) is 2.17. The van der Waals surface area contributed by atoms with Gasteiger partial charge in [0.25, 0.3) is 0 Å². The molecule has 0 bridgehead atoms. The van der Waals surface area contributed by atoms with Gasteiger partial charge in [-0.25, -0.2) is 0 Å². The molecule has 1 aromatic heterocycles. The van der Waals surface area contributed by atoms with E-state index in [-0.39, 0.29) is 0 Å². The Morgan fingerprint density at radius 3 is 2.12 bits per heavy atom. The molecule has 2 aromatic rings. The van der Waals surface area contributed by atoms with Crippen LogP contribution >= 0.6 is 11.3 Å². The third-order valence-electron chi connectivity index (χ3n) is 2.42. The third-order valence-corrected chi connectivity index (χ3v) is 3.31. The van der Waals surface area contributed by atoms with Crippen molar-refractivity contribution in [1.29, 1.82) is 0 Å². The first-order chi connectivity index (χ1) is 7.76. The number of rotatable bonds is 3. The summed E-state index contributed by atoms with van der Waals surface area (Å²) in [5, 5.41) is 2.05. The van der Waals surface area contributed by atoms with Gasteiger partial charge < -0.3 is 9.47 Å². The molecular weight excluding hydrogens is 220 g/mol. The molecule has 0 unspecified atom stereocenters. The first kappa shape index (κ1) is 11.0. The number of benzene rings is 1. The van der Waals surface area contributed by atoms with E-state index >= 15 is 0 Å². The monoisotopic (exact) mass is 234 g/mol. The van der Waals surface area contributed by atoms with Gasteiger partial charge in [-0.1, -0.05) is 6.07 Å². The molecule has 0 aliphatic carbocycles. The number of hydrogen-bond acceptors (Lipinski definition) is 3. The van der Waals surface area contributed by atoms with Gasteiger partial charge in [0, 0.05) is 4.88 Å². The van der Waals surface area contributed by atoms with E-state index in [1.807, 2.05) is 30.5 Å². The molecule has 0 spiro atoms. The molecule has 2 rings (SSSR count). The molecule has 0 aliphatic heterocycles. The molecule has 0 saturated carbocycles. The number of aryl methyl sites for hydroxylation is 1. The Hall–Kier alpha value is -1.48. The molecule has 0 amide bonds. The zero-order chi connectivity index (χ0) is 11.5. The van der Waals surface area contributed by atoms with E-state index in [4.69, 9.17) is 9.47 Å². The highest BCUT2D eigenvalue weighted by Crippen LogP contribution is 2.41. The standard InChI is InChI=1S/C13H14O2S/c1-9-7-10(14-2)13(11(8-9)15-3)12-5-4-6-16-12/h4-8H,1-3H3. The Balaban J connectivity index is 2.65. The van der Waals surface area contributed by atoms with Crippen LogP contribution in [0.25, 0.3) is 10.4 Å². The SMILES string of the molecule is COc1cc(C)cc(OC)c1-c1cccs1. The summed E-state index contributed by atoms with van der Waals surface area (Å²) < 4.78 is 10.8. The summed E-state index contributed by atoms with van der Waals surface area (Å²) >= 11 is 1.68. The average molecular weight is 234 g/mol. The summed E-state index contributed by atoms with van der Waals surface area (Å²) in [5.74, 6) is 1.72. The van der Waals surface area contributed by atoms with Gasteiger partial charge in [0.2, 0.25) is 0 Å². The number of ether oxygens (including phenoxy) is 2. The molecule has 1 heterocycles. The van der Waals surface area contributed by atoms with Gasteiger partial charge in [-0.2, -0.15) is 0 Å². The fourth-order valence-electron chi connectivity index (χ4n) is 1.71. The smallest absolute Gasteiger partial charge is 0.131 e. The van der Waals surface area contributed by atoms with Crippen LogP contribution in [0.15, 0.2) is 29.6 Å². The maximum absolute atomic E-state index is 5.42. The molecule has 0 N–H and O–H groups in total. The van der Waals surface area contributed by atoms with E-state index in [1.54, 1.807) is 25.6 Å². The van der Waals surface area contributed by atoms with Crippen molar-refractivity contribution >= 4 is 11.3 Å². The lowest BCUT2D eigenvalue weighted by atomic mass is 10.1. The van der Waals surface area contributed by atoms with E-state index in [0.717, 1.165) is 27.5 Å². The summed E-state index contributed by atoms with van der Waals surface area (Å²) in [4.78, 5) is 1.16. The van der Waals surface area contributed by atoms with Crippen LogP contribution in [0.5, 0.6) is 11.5 Å². The van der Waals surface area contributed by atoms with Gasteiger partial charge in [0.1, 0.15) is 11.5 Å². The number of thiophene rings is 1. The van der Waals surface area contributed by atoms with Crippen LogP contribution < -0.4 is 9.47 Å². The van der Waals surface area contributed by atoms with Crippen molar-refractivity contribution in [2.45, 2.75) is 6.92 Å². The zero-order valence-corrected chi connectivity index (χ0v) is 10.4. The average Bonchev–Trinajstić information content (AvgIpc) is 2.80. The largest absolute Gasteiger partial charge is 0.496 e. The molecule has 84 valence electrons. The second kappa shape index (κ2) is 4.58. The molecule has 0 atom stereocenters. The fraction of sp³-hybridized carbons (Fsp3) is 0.231. The second-order valence-electron chi connectivity index (χ2n) is 3.52. The molecule has 16 heavy (non-hydrogen) atoms. The molecule has 0 fully saturated rings. The summed E-state index contributed by atoms with van der Waals surface area (Å²) in [6.45, 7) is 2.03. The first-order valence-corrected chi connectivity index (χ1v) is 5.90. The van der Waals surface area contributed by atoms with E-state index in [0.29, 0.717) is 0 Å². The van der Waals surface area contributed by atoms with Crippen molar-refractivity contribution < 1.29 is 9.47 Å². The highest BCUT2D eigenvalue weighted by atomic mass is 32.1. The lowest BCUT2D eigenvalue weighted by Gasteiger charge is -2.13. The number of methoxy groups -OCH3 is 2. The van der Waals surface area contributed by atoms with E-state index in [9.17, 15) is 0 Å². The Morgan fingerprint density at radius 2 is 1.69 bits per heavy atom. The first-order valence-electron chi connectivity index (χ1n) is 5.02. The van der Waals surface area contributed by atoms with E-state index in [1.165, 1.54) is 0 Å². The molecular formula is C13H14O2S. The molecule has 3 heteroatoms. The number of hydrogen-bond donors (Lipinski definition) is 0. The lowest BCUT2D eigenvalue weighted by Crippen LogP contribution is -1.93. The molecule has 2 nitrogen and oxygen atoms in total. The summed E-state index contributed by atoms with van der Waals surface area (Å²) in [6.07, 6.45) is 0. The van der Waals surface area contributed by atoms with Crippen molar-refractivity contribution in [2.24, 2.45) is 0 Å². The van der Waals surface area contributed by atoms with Crippen LogP contribution in [0.3, 0.4) is 0 Å². The van der Waals surface area contributed by atoms with E-state index in [2.05, 4.69) is 6.07 Å². The Bertz CT molecular complexity index is 450. The maximum Gasteiger partial charge on any atom is 0.131 e. The fourth-order valence-corrected chi connectivity index (χ4v) is 2.49. The van der Waals surface area contributed by atoms with Crippen molar-refractivity contribution in [3.05, 3.63) is 35.2 Å². The topological polar surface area (TPSA) is 18.5 Å². The van der Waals surface area contributed by atoms with Crippen molar-refractivity contribution in [3.63, 3.8) is 0 Å². The van der Waals surface area contributed by atoms with Gasteiger partial charge in [-0.3, -0.25) is 0 Å². The Morgan fingerprint density at radius 1 is 1.06 bits per heavy atom. The molecule has 1 aromatic carbocycles. The zero-order valence-electron chi connectivity index (χ0n) is 9.61. The highest BCUT2D eigenvalue weighted by Gasteiger charge is 2.13. The third kappa shape index (κ3) is 1.91. The minimum atomic E-state index is 0.860. The lowest BCUT2D eigenvalue weighted by molar-refractivity contribution is 0.397. The van der Waals surface area contributed by atoms with Crippen LogP contribution in [0.2, 0.25) is 0 Å². The van der Waals surface area contributed by atoms with Crippen LogP contribution in [0, 0.1) is 6.92 Å². The van der Waals surface area contributed by atoms with Crippen LogP contribution in [0.1, 0.15) is 5.56 Å². The van der Waals surface area contributed by atoms with E-state index < -0.39 is 0 Å². The predicted octanol–water partition coefficient (Wildman–Crippen LogP) is 3.74. The Kier molecular flexibility index (Phi) is 3.15. The quantitative estimate of drug-likeness (QED) is 0.805.